The zero-order valence-electron chi connectivity index (χ0n) is 11.9. The fourth-order valence-corrected chi connectivity index (χ4v) is 2.06. The van der Waals surface area contributed by atoms with E-state index in [2.05, 4.69) is 29.6 Å². The Morgan fingerprint density at radius 3 is 2.40 bits per heavy atom. The third-order valence-corrected chi connectivity index (χ3v) is 3.65. The molecule has 0 saturated heterocycles. The molecule has 2 rings (SSSR count). The number of halogens is 1. The van der Waals surface area contributed by atoms with Gasteiger partial charge in [0.2, 0.25) is 0 Å². The molecule has 0 aliphatic rings. The highest BCUT2D eigenvalue weighted by atomic mass is 35.5. The van der Waals surface area contributed by atoms with Crippen molar-refractivity contribution in [1.29, 1.82) is 0 Å². The number of nitrogens with one attached hydrogen (secondary N) is 1. The standard InChI is InChI=1S/C17H20ClNO/c1-13-11-16(7-8-17(13)18)20-12-15-5-3-14(4-6-15)9-10-19-2/h3-8,11,19H,9-10,12H2,1-2H3. The molecule has 0 aromatic heterocycles. The van der Waals surface area contributed by atoms with E-state index in [0.717, 1.165) is 29.3 Å². The van der Waals surface area contributed by atoms with Crippen molar-refractivity contribution in [3.63, 3.8) is 0 Å². The van der Waals surface area contributed by atoms with E-state index >= 15 is 0 Å². The summed E-state index contributed by atoms with van der Waals surface area (Å²) in [4.78, 5) is 0. The molecule has 0 heterocycles. The normalized spacial score (nSPS) is 10.6. The maximum Gasteiger partial charge on any atom is 0.120 e. The van der Waals surface area contributed by atoms with Crippen LogP contribution in [-0.2, 0) is 13.0 Å². The Bertz CT molecular complexity index is 551. The number of hydrogen-bond acceptors (Lipinski definition) is 2. The van der Waals surface area contributed by atoms with Gasteiger partial charge >= 0.3 is 0 Å². The van der Waals surface area contributed by atoms with Crippen LogP contribution in [0.5, 0.6) is 5.75 Å². The molecule has 1 N–H and O–H groups in total. The first-order valence-corrected chi connectivity index (χ1v) is 7.18. The summed E-state index contributed by atoms with van der Waals surface area (Å²) in [6.45, 7) is 3.55. The van der Waals surface area contributed by atoms with Crippen molar-refractivity contribution in [2.45, 2.75) is 20.0 Å². The molecule has 0 atom stereocenters. The summed E-state index contributed by atoms with van der Waals surface area (Å²) in [6.07, 6.45) is 1.05. The summed E-state index contributed by atoms with van der Waals surface area (Å²) >= 11 is 6.00. The highest BCUT2D eigenvalue weighted by molar-refractivity contribution is 6.31. The van der Waals surface area contributed by atoms with Gasteiger partial charge in [-0.2, -0.15) is 0 Å². The summed E-state index contributed by atoms with van der Waals surface area (Å²) in [5.41, 5.74) is 3.54. The fourth-order valence-electron chi connectivity index (χ4n) is 1.95. The van der Waals surface area contributed by atoms with Crippen molar-refractivity contribution >= 4 is 11.6 Å². The maximum atomic E-state index is 6.00. The molecule has 0 aliphatic heterocycles. The molecule has 0 bridgehead atoms. The van der Waals surface area contributed by atoms with Crippen LogP contribution in [0.1, 0.15) is 16.7 Å². The third-order valence-electron chi connectivity index (χ3n) is 3.22. The Balaban J connectivity index is 1.91. The minimum atomic E-state index is 0.577. The minimum absolute atomic E-state index is 0.577. The van der Waals surface area contributed by atoms with Gasteiger partial charge in [0.05, 0.1) is 0 Å². The molecule has 0 amide bonds. The first kappa shape index (κ1) is 14.9. The number of likely N-dealkylation sites (N-methyl/N-ethyl adjacent to an activating group) is 1. The van der Waals surface area contributed by atoms with E-state index in [9.17, 15) is 0 Å². The highest BCUT2D eigenvalue weighted by Gasteiger charge is 2.00. The molecule has 106 valence electrons. The first-order chi connectivity index (χ1) is 9.69. The SMILES string of the molecule is CNCCc1ccc(COc2ccc(Cl)c(C)c2)cc1. The van der Waals surface area contributed by atoms with Crippen LogP contribution in [0.25, 0.3) is 0 Å². The zero-order valence-corrected chi connectivity index (χ0v) is 12.7. The molecule has 3 heteroatoms. The zero-order chi connectivity index (χ0) is 14.4. The summed E-state index contributed by atoms with van der Waals surface area (Å²) in [7, 11) is 1.97. The number of benzene rings is 2. The van der Waals surface area contributed by atoms with E-state index in [1.54, 1.807) is 0 Å². The predicted molar refractivity (Wildman–Crippen MR) is 84.6 cm³/mol. The average Bonchev–Trinajstić information content (AvgIpc) is 2.47. The Morgan fingerprint density at radius 2 is 1.75 bits per heavy atom. The van der Waals surface area contributed by atoms with Gasteiger partial charge in [-0.3, -0.25) is 0 Å². The van der Waals surface area contributed by atoms with E-state index in [0.29, 0.717) is 6.61 Å². The summed E-state index contributed by atoms with van der Waals surface area (Å²) in [5, 5.41) is 3.92. The first-order valence-electron chi connectivity index (χ1n) is 6.80. The lowest BCUT2D eigenvalue weighted by atomic mass is 10.1. The van der Waals surface area contributed by atoms with Crippen LogP contribution in [0.15, 0.2) is 42.5 Å². The Hall–Kier alpha value is -1.51. The molecule has 0 saturated carbocycles. The minimum Gasteiger partial charge on any atom is -0.489 e. The van der Waals surface area contributed by atoms with Gasteiger partial charge in [0.25, 0.3) is 0 Å². The van der Waals surface area contributed by atoms with Crippen molar-refractivity contribution in [1.82, 2.24) is 5.32 Å². The summed E-state index contributed by atoms with van der Waals surface area (Å²) in [6, 6.07) is 14.3. The third kappa shape index (κ3) is 4.26. The van der Waals surface area contributed by atoms with Gasteiger partial charge in [-0.1, -0.05) is 35.9 Å². The van der Waals surface area contributed by atoms with E-state index in [-0.39, 0.29) is 0 Å². The molecular formula is C17H20ClNO. The van der Waals surface area contributed by atoms with Crippen molar-refractivity contribution in [2.75, 3.05) is 13.6 Å². The number of aryl methyl sites for hydroxylation is 1. The van der Waals surface area contributed by atoms with Crippen LogP contribution in [0.4, 0.5) is 0 Å². The van der Waals surface area contributed by atoms with Gasteiger partial charge < -0.3 is 10.1 Å². The number of rotatable bonds is 6. The van der Waals surface area contributed by atoms with Gasteiger partial charge in [-0.05, 0) is 61.8 Å². The monoisotopic (exact) mass is 289 g/mol. The molecule has 0 spiro atoms. The topological polar surface area (TPSA) is 21.3 Å². The Morgan fingerprint density at radius 1 is 1.05 bits per heavy atom. The van der Waals surface area contributed by atoms with E-state index < -0.39 is 0 Å². The maximum absolute atomic E-state index is 6.00. The van der Waals surface area contributed by atoms with E-state index in [4.69, 9.17) is 16.3 Å². The second-order valence-corrected chi connectivity index (χ2v) is 5.28. The molecule has 0 fully saturated rings. The quantitative estimate of drug-likeness (QED) is 0.868. The molecule has 2 nitrogen and oxygen atoms in total. The van der Waals surface area contributed by atoms with Crippen molar-refractivity contribution in [3.8, 4) is 5.75 Å². The smallest absolute Gasteiger partial charge is 0.120 e. The molecule has 2 aromatic rings. The van der Waals surface area contributed by atoms with Gasteiger partial charge in [0.1, 0.15) is 12.4 Å². The van der Waals surface area contributed by atoms with Crippen molar-refractivity contribution in [3.05, 3.63) is 64.2 Å². The Kier molecular flexibility index (Phi) is 5.45. The second kappa shape index (κ2) is 7.32. The van der Waals surface area contributed by atoms with Crippen LogP contribution in [0, 0.1) is 6.92 Å². The Labute approximate surface area is 125 Å². The lowest BCUT2D eigenvalue weighted by Gasteiger charge is -2.08. The van der Waals surface area contributed by atoms with Crippen LogP contribution in [0.2, 0.25) is 5.02 Å². The van der Waals surface area contributed by atoms with Crippen LogP contribution in [0.3, 0.4) is 0 Å². The van der Waals surface area contributed by atoms with Gasteiger partial charge in [-0.25, -0.2) is 0 Å². The van der Waals surface area contributed by atoms with Crippen molar-refractivity contribution < 1.29 is 4.74 Å². The van der Waals surface area contributed by atoms with Gasteiger partial charge in [0, 0.05) is 5.02 Å². The molecular weight excluding hydrogens is 270 g/mol. The number of hydrogen-bond donors (Lipinski definition) is 1. The summed E-state index contributed by atoms with van der Waals surface area (Å²) < 4.78 is 5.78. The van der Waals surface area contributed by atoms with Gasteiger partial charge in [0.15, 0.2) is 0 Å². The lowest BCUT2D eigenvalue weighted by molar-refractivity contribution is 0.306. The average molecular weight is 290 g/mol. The second-order valence-electron chi connectivity index (χ2n) is 4.87. The molecule has 2 aromatic carbocycles. The summed E-state index contributed by atoms with van der Waals surface area (Å²) in [5.74, 6) is 0.853. The highest BCUT2D eigenvalue weighted by Crippen LogP contribution is 2.21. The predicted octanol–water partition coefficient (Wildman–Crippen LogP) is 3.99. The lowest BCUT2D eigenvalue weighted by Crippen LogP contribution is -2.10. The van der Waals surface area contributed by atoms with Crippen LogP contribution in [-0.4, -0.2) is 13.6 Å². The van der Waals surface area contributed by atoms with E-state index in [1.807, 2.05) is 32.2 Å². The molecule has 0 aliphatic carbocycles. The number of ether oxygens (including phenoxy) is 1. The molecule has 0 radical (unpaired) electrons. The van der Waals surface area contributed by atoms with Crippen molar-refractivity contribution in [2.24, 2.45) is 0 Å². The van der Waals surface area contributed by atoms with Crippen LogP contribution >= 0.6 is 11.6 Å². The largest absolute Gasteiger partial charge is 0.489 e. The molecule has 20 heavy (non-hydrogen) atoms. The molecule has 0 unspecified atom stereocenters. The fraction of sp³-hybridized carbons (Fsp3) is 0.294. The van der Waals surface area contributed by atoms with Crippen LogP contribution < -0.4 is 10.1 Å². The van der Waals surface area contributed by atoms with Gasteiger partial charge in [-0.15, -0.1) is 0 Å². The van der Waals surface area contributed by atoms with E-state index in [1.165, 1.54) is 11.1 Å².